The first-order chi connectivity index (χ1) is 7.84. The average Bonchev–Trinajstić information content (AvgIpc) is 2.19. The molecule has 0 aliphatic rings. The number of benzene rings is 1. The number of halogens is 3. The molecule has 92 valence electrons. The van der Waals surface area contributed by atoms with Gasteiger partial charge in [0, 0.05) is 6.07 Å². The smallest absolute Gasteiger partial charge is 0.387 e. The molecule has 5 nitrogen and oxygen atoms in total. The fourth-order valence-electron chi connectivity index (χ4n) is 1.22. The molecule has 0 saturated heterocycles. The Hall–Kier alpha value is -1.76. The highest BCUT2D eigenvalue weighted by molar-refractivity contribution is 6.35. The number of carbonyl (C=O) groups excluding carboxylic acids is 1. The van der Waals surface area contributed by atoms with Crippen LogP contribution in [-0.4, -0.2) is 17.3 Å². The van der Waals surface area contributed by atoms with Crippen molar-refractivity contribution in [2.24, 2.45) is 0 Å². The Bertz CT molecular complexity index is 478. The minimum atomic E-state index is -3.13. The van der Waals surface area contributed by atoms with Gasteiger partial charge < -0.3 is 4.74 Å². The van der Waals surface area contributed by atoms with Crippen LogP contribution >= 0.6 is 11.6 Å². The van der Waals surface area contributed by atoms with Crippen LogP contribution in [0, 0.1) is 10.1 Å². The summed E-state index contributed by atoms with van der Waals surface area (Å²) in [5, 5.41) is 10.1. The Labute approximate surface area is 99.1 Å². The third kappa shape index (κ3) is 2.88. The largest absolute Gasteiger partial charge is 0.433 e. The maximum Gasteiger partial charge on any atom is 0.387 e. The van der Waals surface area contributed by atoms with E-state index in [0.29, 0.717) is 0 Å². The first kappa shape index (κ1) is 13.3. The molecule has 0 atom stereocenters. The van der Waals surface area contributed by atoms with E-state index in [1.54, 1.807) is 0 Å². The Morgan fingerprint density at radius 1 is 1.53 bits per heavy atom. The molecule has 0 aliphatic carbocycles. The highest BCUT2D eigenvalue weighted by Gasteiger charge is 2.24. The van der Waals surface area contributed by atoms with Gasteiger partial charge >= 0.3 is 6.61 Å². The number of nitro groups is 1. The van der Waals surface area contributed by atoms with Crippen molar-refractivity contribution in [3.05, 3.63) is 32.8 Å². The number of hydrogen-bond donors (Lipinski definition) is 0. The molecule has 1 rings (SSSR count). The number of ketones is 1. The van der Waals surface area contributed by atoms with E-state index in [1.807, 2.05) is 0 Å². The monoisotopic (exact) mass is 265 g/mol. The van der Waals surface area contributed by atoms with E-state index >= 15 is 0 Å². The topological polar surface area (TPSA) is 69.4 Å². The maximum atomic E-state index is 12.0. The number of hydrogen-bond acceptors (Lipinski definition) is 4. The number of carbonyl (C=O) groups is 1. The summed E-state index contributed by atoms with van der Waals surface area (Å²) in [5.41, 5.74) is -1.00. The van der Waals surface area contributed by atoms with Crippen molar-refractivity contribution < 1.29 is 23.2 Å². The number of ether oxygens (including phenoxy) is 1. The van der Waals surface area contributed by atoms with E-state index in [1.165, 1.54) is 0 Å². The molecule has 1 aromatic rings. The van der Waals surface area contributed by atoms with Crippen molar-refractivity contribution in [1.82, 2.24) is 0 Å². The van der Waals surface area contributed by atoms with Crippen molar-refractivity contribution in [3.63, 3.8) is 0 Å². The maximum absolute atomic E-state index is 12.0. The molecule has 0 spiro atoms. The normalized spacial score (nSPS) is 10.4. The van der Waals surface area contributed by atoms with Crippen LogP contribution in [0.15, 0.2) is 12.1 Å². The lowest BCUT2D eigenvalue weighted by molar-refractivity contribution is -0.385. The summed E-state index contributed by atoms with van der Waals surface area (Å²) in [7, 11) is 0. The zero-order valence-corrected chi connectivity index (χ0v) is 9.20. The van der Waals surface area contributed by atoms with E-state index in [9.17, 15) is 23.7 Å². The van der Waals surface area contributed by atoms with Gasteiger partial charge in [-0.3, -0.25) is 14.9 Å². The quantitative estimate of drug-likeness (QED) is 0.477. The lowest BCUT2D eigenvalue weighted by Crippen LogP contribution is -2.06. The predicted molar refractivity (Wildman–Crippen MR) is 54.7 cm³/mol. The fraction of sp³-hybridized carbons (Fsp3) is 0.222. The minimum absolute atomic E-state index is 0.449. The van der Waals surface area contributed by atoms with E-state index in [4.69, 9.17) is 11.6 Å². The highest BCUT2D eigenvalue weighted by atomic mass is 35.5. The Morgan fingerprint density at radius 2 is 2.12 bits per heavy atom. The standard InChI is InChI=1S/C9H6ClF2NO4/c1-4(14)7-5(13(15)16)2-3-6(8(7)10)17-9(11)12/h2-3,9H,1H3. The van der Waals surface area contributed by atoms with Crippen LogP contribution in [0.1, 0.15) is 17.3 Å². The van der Waals surface area contributed by atoms with Gasteiger partial charge in [0.15, 0.2) is 5.78 Å². The summed E-state index contributed by atoms with van der Waals surface area (Å²) in [6.07, 6.45) is 0. The molecule has 0 amide bonds. The SMILES string of the molecule is CC(=O)c1c([N+](=O)[O-])ccc(OC(F)F)c1Cl. The zero-order valence-electron chi connectivity index (χ0n) is 8.45. The van der Waals surface area contributed by atoms with Gasteiger partial charge in [-0.2, -0.15) is 8.78 Å². The summed E-state index contributed by atoms with van der Waals surface area (Å²) in [4.78, 5) is 21.0. The van der Waals surface area contributed by atoms with Crippen LogP contribution in [0.5, 0.6) is 5.75 Å². The van der Waals surface area contributed by atoms with Gasteiger partial charge in [-0.1, -0.05) is 11.6 Å². The second-order valence-corrected chi connectivity index (χ2v) is 3.34. The van der Waals surface area contributed by atoms with Crippen LogP contribution in [-0.2, 0) is 0 Å². The minimum Gasteiger partial charge on any atom is -0.433 e. The number of rotatable bonds is 4. The summed E-state index contributed by atoms with van der Waals surface area (Å²) in [5.74, 6) is -1.18. The third-order valence-corrected chi connectivity index (χ3v) is 2.22. The summed E-state index contributed by atoms with van der Waals surface area (Å²) in [6.45, 7) is -2.09. The van der Waals surface area contributed by atoms with Crippen LogP contribution in [0.3, 0.4) is 0 Å². The van der Waals surface area contributed by atoms with Gasteiger partial charge in [0.2, 0.25) is 0 Å². The van der Waals surface area contributed by atoms with Crippen molar-refractivity contribution in [3.8, 4) is 5.75 Å². The molecule has 0 aliphatic heterocycles. The predicted octanol–water partition coefficient (Wildman–Crippen LogP) is 3.05. The highest BCUT2D eigenvalue weighted by Crippen LogP contribution is 2.35. The Kier molecular flexibility index (Phi) is 3.95. The molecule has 0 radical (unpaired) electrons. The van der Waals surface area contributed by atoms with E-state index in [0.717, 1.165) is 19.1 Å². The molecule has 0 unspecified atom stereocenters. The van der Waals surface area contributed by atoms with Crippen LogP contribution in [0.4, 0.5) is 14.5 Å². The molecule has 0 fully saturated rings. The van der Waals surface area contributed by atoms with Gasteiger partial charge in [-0.25, -0.2) is 0 Å². The molecule has 0 N–H and O–H groups in total. The zero-order chi connectivity index (χ0) is 13.2. The molecular formula is C9H6ClF2NO4. The van der Waals surface area contributed by atoms with Gasteiger partial charge in [0.1, 0.15) is 16.3 Å². The van der Waals surface area contributed by atoms with Crippen molar-refractivity contribution in [1.29, 1.82) is 0 Å². The average molecular weight is 266 g/mol. The van der Waals surface area contributed by atoms with Crippen molar-refractivity contribution in [2.75, 3.05) is 0 Å². The second-order valence-electron chi connectivity index (χ2n) is 2.96. The molecule has 17 heavy (non-hydrogen) atoms. The second kappa shape index (κ2) is 5.05. The van der Waals surface area contributed by atoms with E-state index in [2.05, 4.69) is 4.74 Å². The third-order valence-electron chi connectivity index (χ3n) is 1.85. The first-order valence-corrected chi connectivity index (χ1v) is 4.65. The molecule has 0 heterocycles. The molecule has 1 aromatic carbocycles. The number of nitro benzene ring substituents is 1. The van der Waals surface area contributed by atoms with Gasteiger partial charge in [-0.05, 0) is 13.0 Å². The van der Waals surface area contributed by atoms with Gasteiger partial charge in [-0.15, -0.1) is 0 Å². The van der Waals surface area contributed by atoms with Crippen LogP contribution in [0.25, 0.3) is 0 Å². The molecular weight excluding hydrogens is 260 g/mol. The van der Waals surface area contributed by atoms with Crippen molar-refractivity contribution >= 4 is 23.1 Å². The lowest BCUT2D eigenvalue weighted by atomic mass is 10.1. The molecule has 0 aromatic heterocycles. The molecule has 0 bridgehead atoms. The Morgan fingerprint density at radius 3 is 2.53 bits per heavy atom. The lowest BCUT2D eigenvalue weighted by Gasteiger charge is -2.09. The molecule has 0 saturated carbocycles. The van der Waals surface area contributed by atoms with Crippen LogP contribution in [0.2, 0.25) is 5.02 Å². The molecule has 8 heteroatoms. The van der Waals surface area contributed by atoms with E-state index in [-0.39, 0.29) is 0 Å². The first-order valence-electron chi connectivity index (χ1n) is 4.27. The van der Waals surface area contributed by atoms with Crippen LogP contribution < -0.4 is 4.74 Å². The number of alkyl halides is 2. The van der Waals surface area contributed by atoms with Gasteiger partial charge in [0.25, 0.3) is 5.69 Å². The van der Waals surface area contributed by atoms with Crippen molar-refractivity contribution in [2.45, 2.75) is 13.5 Å². The van der Waals surface area contributed by atoms with E-state index < -0.39 is 39.3 Å². The summed E-state index contributed by atoms with van der Waals surface area (Å²) >= 11 is 5.61. The number of Topliss-reactive ketones (excluding diaryl/α,β-unsaturated/α-hetero) is 1. The summed E-state index contributed by atoms with van der Waals surface area (Å²) in [6, 6.07) is 1.80. The fourth-order valence-corrected chi connectivity index (χ4v) is 1.56. The Balaban J connectivity index is 3.38. The summed E-state index contributed by atoms with van der Waals surface area (Å²) < 4.78 is 28.0. The van der Waals surface area contributed by atoms with Gasteiger partial charge in [0.05, 0.1) is 4.92 Å². The number of nitrogens with zero attached hydrogens (tertiary/aromatic N) is 1.